The molecule has 0 aliphatic rings. The van der Waals surface area contributed by atoms with Gasteiger partial charge in [0.15, 0.2) is 0 Å². The first kappa shape index (κ1) is 20.4. The molecule has 29 heavy (non-hydrogen) atoms. The number of aromatic nitrogens is 1. The van der Waals surface area contributed by atoms with Crippen molar-refractivity contribution in [2.45, 2.75) is 33.8 Å². The third-order valence-electron chi connectivity index (χ3n) is 4.96. The quantitative estimate of drug-likeness (QED) is 0.554. The maximum atomic E-state index is 11.5. The lowest BCUT2D eigenvalue weighted by molar-refractivity contribution is -0.120. The van der Waals surface area contributed by atoms with Crippen LogP contribution in [0, 0.1) is 12.8 Å². The molecule has 1 atom stereocenters. The fraction of sp³-hybridized carbons (Fsp3) is 0.250. The first-order chi connectivity index (χ1) is 13.9. The molecule has 2 N–H and O–H groups in total. The number of carbonyl (C=O) groups excluding carboxylic acids is 1. The van der Waals surface area contributed by atoms with Crippen LogP contribution in [-0.4, -0.2) is 15.9 Å². The van der Waals surface area contributed by atoms with Crippen LogP contribution >= 0.6 is 0 Å². The van der Waals surface area contributed by atoms with E-state index < -0.39 is 0 Å². The van der Waals surface area contributed by atoms with Crippen molar-refractivity contribution in [1.29, 1.82) is 0 Å². The van der Waals surface area contributed by atoms with Crippen molar-refractivity contribution < 1.29 is 14.6 Å². The van der Waals surface area contributed by atoms with Crippen molar-refractivity contribution in [3.05, 3.63) is 77.6 Å². The maximum Gasteiger partial charge on any atom is 0.132 e. The van der Waals surface area contributed by atoms with Gasteiger partial charge in [-0.1, -0.05) is 25.1 Å². The summed E-state index contributed by atoms with van der Waals surface area (Å²) in [4.78, 5) is 15.6. The Morgan fingerprint density at radius 1 is 1.17 bits per heavy atom. The number of phenolic OH excluding ortho intramolecular Hbond substituents is 1. The van der Waals surface area contributed by atoms with Crippen LogP contribution in [0.15, 0.2) is 60.9 Å². The number of benzene rings is 2. The Morgan fingerprint density at radius 3 is 2.69 bits per heavy atom. The highest BCUT2D eigenvalue weighted by molar-refractivity contribution is 5.78. The first-order valence-electron chi connectivity index (χ1n) is 9.64. The molecule has 0 saturated heterocycles. The summed E-state index contributed by atoms with van der Waals surface area (Å²) in [7, 11) is 0. The van der Waals surface area contributed by atoms with Gasteiger partial charge in [-0.3, -0.25) is 9.78 Å². The van der Waals surface area contributed by atoms with Crippen LogP contribution in [0.3, 0.4) is 0 Å². The number of hydrogen-bond donors (Lipinski definition) is 2. The number of ether oxygens (including phenoxy) is 1. The van der Waals surface area contributed by atoms with Crippen molar-refractivity contribution in [2.24, 2.45) is 5.92 Å². The van der Waals surface area contributed by atoms with E-state index in [-0.39, 0.29) is 17.5 Å². The molecule has 0 spiro atoms. The van der Waals surface area contributed by atoms with Gasteiger partial charge in [-0.05, 0) is 61.7 Å². The van der Waals surface area contributed by atoms with Gasteiger partial charge in [0.2, 0.25) is 0 Å². The van der Waals surface area contributed by atoms with Gasteiger partial charge < -0.3 is 15.2 Å². The van der Waals surface area contributed by atoms with E-state index in [2.05, 4.69) is 10.3 Å². The van der Waals surface area contributed by atoms with Gasteiger partial charge in [0, 0.05) is 23.4 Å². The SMILES string of the molecule is CC(=O)C(C)Cc1ccc(OCc2cccc(Nc3cccnc3)c2)c(C)c1O. The molecule has 0 amide bonds. The molecule has 0 bridgehead atoms. The molecular formula is C24H26N2O3. The molecule has 3 aromatic rings. The number of hydrogen-bond acceptors (Lipinski definition) is 5. The van der Waals surface area contributed by atoms with Gasteiger partial charge in [-0.2, -0.15) is 0 Å². The second kappa shape index (κ2) is 9.24. The summed E-state index contributed by atoms with van der Waals surface area (Å²) in [6, 6.07) is 15.5. The highest BCUT2D eigenvalue weighted by Crippen LogP contribution is 2.32. The minimum atomic E-state index is -0.123. The van der Waals surface area contributed by atoms with E-state index in [0.717, 1.165) is 22.5 Å². The first-order valence-corrected chi connectivity index (χ1v) is 9.64. The molecule has 3 rings (SSSR count). The Balaban J connectivity index is 1.67. The number of nitrogens with zero attached hydrogens (tertiary/aromatic N) is 1. The predicted molar refractivity (Wildman–Crippen MR) is 115 cm³/mol. The van der Waals surface area contributed by atoms with Crippen molar-refractivity contribution >= 4 is 17.2 Å². The summed E-state index contributed by atoms with van der Waals surface area (Å²) >= 11 is 0. The van der Waals surface area contributed by atoms with Crippen molar-refractivity contribution in [3.63, 3.8) is 0 Å². The topological polar surface area (TPSA) is 71.5 Å². The third kappa shape index (κ3) is 5.35. The zero-order valence-corrected chi connectivity index (χ0v) is 17.0. The lowest BCUT2D eigenvalue weighted by atomic mass is 9.95. The van der Waals surface area contributed by atoms with Gasteiger partial charge in [-0.25, -0.2) is 0 Å². The summed E-state index contributed by atoms with van der Waals surface area (Å²) in [6.45, 7) is 5.65. The Bertz CT molecular complexity index is 987. The van der Waals surface area contributed by atoms with Gasteiger partial charge in [0.05, 0.1) is 11.9 Å². The molecule has 150 valence electrons. The van der Waals surface area contributed by atoms with E-state index in [1.54, 1.807) is 19.3 Å². The zero-order chi connectivity index (χ0) is 20.8. The number of phenols is 1. The second-order valence-corrected chi connectivity index (χ2v) is 7.27. The predicted octanol–water partition coefficient (Wildman–Crippen LogP) is 5.19. The minimum Gasteiger partial charge on any atom is -0.507 e. The highest BCUT2D eigenvalue weighted by Gasteiger charge is 2.15. The average Bonchev–Trinajstić information content (AvgIpc) is 2.72. The summed E-state index contributed by atoms with van der Waals surface area (Å²) in [5.74, 6) is 0.819. The van der Waals surface area contributed by atoms with Gasteiger partial charge in [-0.15, -0.1) is 0 Å². The number of ketones is 1. The lowest BCUT2D eigenvalue weighted by Gasteiger charge is -2.15. The number of nitrogens with one attached hydrogen (secondary N) is 1. The molecule has 5 heteroatoms. The van der Waals surface area contributed by atoms with E-state index in [9.17, 15) is 9.90 Å². The molecule has 0 aliphatic carbocycles. The molecule has 0 aliphatic heterocycles. The maximum absolute atomic E-state index is 11.5. The molecule has 1 heterocycles. The van der Waals surface area contributed by atoms with E-state index in [4.69, 9.17) is 4.74 Å². The normalized spacial score (nSPS) is 11.7. The van der Waals surface area contributed by atoms with E-state index >= 15 is 0 Å². The number of carbonyl (C=O) groups is 1. The van der Waals surface area contributed by atoms with Crippen LogP contribution in [0.4, 0.5) is 11.4 Å². The molecule has 0 radical (unpaired) electrons. The Hall–Kier alpha value is -3.34. The highest BCUT2D eigenvalue weighted by atomic mass is 16.5. The van der Waals surface area contributed by atoms with Gasteiger partial charge in [0.1, 0.15) is 23.9 Å². The van der Waals surface area contributed by atoms with Crippen LogP contribution in [0.2, 0.25) is 0 Å². The molecule has 1 aromatic heterocycles. The fourth-order valence-electron chi connectivity index (χ4n) is 3.04. The molecule has 0 fully saturated rings. The van der Waals surface area contributed by atoms with E-state index in [1.807, 2.05) is 62.4 Å². The lowest BCUT2D eigenvalue weighted by Crippen LogP contribution is -2.10. The summed E-state index contributed by atoms with van der Waals surface area (Å²) in [5, 5.41) is 13.8. The van der Waals surface area contributed by atoms with Gasteiger partial charge in [0.25, 0.3) is 0 Å². The van der Waals surface area contributed by atoms with Crippen molar-refractivity contribution in [2.75, 3.05) is 5.32 Å². The molecule has 5 nitrogen and oxygen atoms in total. The standard InChI is InChI=1S/C24H26N2O3/c1-16(18(3)27)12-20-9-10-23(17(2)24(20)28)29-15-19-6-4-7-21(13-19)26-22-8-5-11-25-14-22/h4-11,13-14,16,26,28H,12,15H2,1-3H3. The monoisotopic (exact) mass is 390 g/mol. The van der Waals surface area contributed by atoms with E-state index in [1.165, 1.54) is 0 Å². The minimum absolute atomic E-state index is 0.113. The van der Waals surface area contributed by atoms with Crippen LogP contribution in [0.1, 0.15) is 30.5 Å². The van der Waals surface area contributed by atoms with Crippen LogP contribution < -0.4 is 10.1 Å². The molecule has 1 unspecified atom stereocenters. The average molecular weight is 390 g/mol. The van der Waals surface area contributed by atoms with Crippen LogP contribution in [-0.2, 0) is 17.8 Å². The van der Waals surface area contributed by atoms with Crippen LogP contribution in [0.5, 0.6) is 11.5 Å². The van der Waals surface area contributed by atoms with Crippen LogP contribution in [0.25, 0.3) is 0 Å². The number of Topliss-reactive ketones (excluding diaryl/α,β-unsaturated/α-hetero) is 1. The summed E-state index contributed by atoms with van der Waals surface area (Å²) in [5.41, 5.74) is 4.32. The third-order valence-corrected chi connectivity index (χ3v) is 4.96. The molecular weight excluding hydrogens is 364 g/mol. The smallest absolute Gasteiger partial charge is 0.132 e. The second-order valence-electron chi connectivity index (χ2n) is 7.27. The van der Waals surface area contributed by atoms with Crippen molar-refractivity contribution in [1.82, 2.24) is 4.98 Å². The Labute approximate surface area is 171 Å². The largest absolute Gasteiger partial charge is 0.507 e. The molecule has 0 saturated carbocycles. The molecule has 2 aromatic carbocycles. The zero-order valence-electron chi connectivity index (χ0n) is 17.0. The fourth-order valence-corrected chi connectivity index (χ4v) is 3.04. The Kier molecular flexibility index (Phi) is 6.50. The Morgan fingerprint density at radius 2 is 1.97 bits per heavy atom. The summed E-state index contributed by atoms with van der Waals surface area (Å²) in [6.07, 6.45) is 4.02. The number of pyridine rings is 1. The number of aromatic hydroxyl groups is 1. The summed E-state index contributed by atoms with van der Waals surface area (Å²) < 4.78 is 5.95. The van der Waals surface area contributed by atoms with Gasteiger partial charge >= 0.3 is 0 Å². The number of anilines is 2. The van der Waals surface area contributed by atoms with E-state index in [0.29, 0.717) is 24.3 Å². The van der Waals surface area contributed by atoms with Crippen molar-refractivity contribution in [3.8, 4) is 11.5 Å². The number of rotatable bonds is 8.